The van der Waals surface area contributed by atoms with Crippen LogP contribution in [0.3, 0.4) is 0 Å². The maximum absolute atomic E-state index is 12.5. The molecule has 0 bridgehead atoms. The number of rotatable bonds is 6. The summed E-state index contributed by atoms with van der Waals surface area (Å²) in [5.74, 6) is 1.48. The lowest BCUT2D eigenvalue weighted by atomic mass is 9.96. The smallest absolute Gasteiger partial charge is 0.253 e. The minimum absolute atomic E-state index is 0.0296. The van der Waals surface area contributed by atoms with E-state index in [-0.39, 0.29) is 17.4 Å². The molecule has 1 amide bonds. The topological polar surface area (TPSA) is 106 Å². The van der Waals surface area contributed by atoms with E-state index in [1.165, 1.54) is 17.0 Å². The Balaban J connectivity index is 1.24. The van der Waals surface area contributed by atoms with E-state index in [0.717, 1.165) is 31.7 Å². The molecule has 0 atom stereocenters. The van der Waals surface area contributed by atoms with Crippen LogP contribution in [0.1, 0.15) is 18.5 Å². The molecule has 1 aliphatic heterocycles. The maximum Gasteiger partial charge on any atom is 0.253 e. The highest BCUT2D eigenvalue weighted by molar-refractivity contribution is 5.78. The quantitative estimate of drug-likeness (QED) is 0.661. The van der Waals surface area contributed by atoms with E-state index in [4.69, 9.17) is 4.42 Å². The van der Waals surface area contributed by atoms with Crippen LogP contribution in [0.15, 0.2) is 52.1 Å². The molecule has 1 saturated heterocycles. The van der Waals surface area contributed by atoms with E-state index in [1.54, 1.807) is 13.2 Å². The number of hydrogen-bond donors (Lipinski definition) is 1. The number of aryl methyl sites for hydroxylation is 1. The van der Waals surface area contributed by atoms with Crippen molar-refractivity contribution >= 4 is 11.7 Å². The second kappa shape index (κ2) is 8.89. The predicted molar refractivity (Wildman–Crippen MR) is 111 cm³/mol. The van der Waals surface area contributed by atoms with Gasteiger partial charge in [-0.05, 0) is 44.0 Å². The minimum Gasteiger partial charge on any atom is -0.463 e. The molecule has 156 valence electrons. The largest absolute Gasteiger partial charge is 0.463 e. The van der Waals surface area contributed by atoms with Crippen molar-refractivity contribution in [3.05, 3.63) is 59.0 Å². The van der Waals surface area contributed by atoms with E-state index in [0.29, 0.717) is 30.2 Å². The molecule has 9 nitrogen and oxygen atoms in total. The zero-order chi connectivity index (χ0) is 20.9. The van der Waals surface area contributed by atoms with Gasteiger partial charge in [-0.1, -0.05) is 0 Å². The van der Waals surface area contributed by atoms with Crippen LogP contribution in [0.4, 0.5) is 5.82 Å². The molecule has 0 saturated carbocycles. The Bertz CT molecular complexity index is 1040. The van der Waals surface area contributed by atoms with Crippen LogP contribution in [0, 0.1) is 12.8 Å². The molecule has 1 aliphatic rings. The third-order valence-electron chi connectivity index (χ3n) is 5.28. The molecular formula is C21H24N6O3. The zero-order valence-corrected chi connectivity index (χ0v) is 16.8. The second-order valence-electron chi connectivity index (χ2n) is 7.37. The number of carbonyl (C=O) groups is 1. The molecule has 1 N–H and O–H groups in total. The van der Waals surface area contributed by atoms with Gasteiger partial charge in [-0.2, -0.15) is 0 Å². The molecule has 0 aromatic carbocycles. The normalized spacial score (nSPS) is 14.6. The number of piperidine rings is 1. The molecule has 4 heterocycles. The average Bonchev–Trinajstić information content (AvgIpc) is 3.30. The Morgan fingerprint density at radius 1 is 1.23 bits per heavy atom. The summed E-state index contributed by atoms with van der Waals surface area (Å²) in [6, 6.07) is 8.97. The van der Waals surface area contributed by atoms with Crippen molar-refractivity contribution in [3.8, 4) is 11.5 Å². The molecular weight excluding hydrogens is 384 g/mol. The lowest BCUT2D eigenvalue weighted by Gasteiger charge is -2.31. The summed E-state index contributed by atoms with van der Waals surface area (Å²) in [6.07, 6.45) is 4.62. The van der Waals surface area contributed by atoms with Crippen molar-refractivity contribution in [1.82, 2.24) is 25.1 Å². The highest BCUT2D eigenvalue weighted by atomic mass is 16.3. The minimum atomic E-state index is -0.107. The Hall–Kier alpha value is -3.49. The second-order valence-corrected chi connectivity index (χ2v) is 7.37. The molecule has 9 heteroatoms. The zero-order valence-electron chi connectivity index (χ0n) is 16.8. The summed E-state index contributed by atoms with van der Waals surface area (Å²) in [4.78, 5) is 30.6. The van der Waals surface area contributed by atoms with Gasteiger partial charge in [-0.3, -0.25) is 14.2 Å². The third kappa shape index (κ3) is 4.56. The average molecular weight is 408 g/mol. The van der Waals surface area contributed by atoms with Crippen molar-refractivity contribution in [2.24, 2.45) is 5.92 Å². The van der Waals surface area contributed by atoms with E-state index in [9.17, 15) is 9.59 Å². The summed E-state index contributed by atoms with van der Waals surface area (Å²) >= 11 is 0. The van der Waals surface area contributed by atoms with Crippen LogP contribution in [0.25, 0.3) is 11.5 Å². The number of anilines is 1. The summed E-state index contributed by atoms with van der Waals surface area (Å²) in [5.41, 5.74) is 1.28. The van der Waals surface area contributed by atoms with Crippen LogP contribution in [-0.4, -0.2) is 45.3 Å². The van der Waals surface area contributed by atoms with Gasteiger partial charge in [0.15, 0.2) is 11.6 Å². The highest BCUT2D eigenvalue weighted by Gasteiger charge is 2.25. The van der Waals surface area contributed by atoms with Gasteiger partial charge in [0.1, 0.15) is 5.69 Å². The molecule has 0 spiro atoms. The van der Waals surface area contributed by atoms with E-state index < -0.39 is 0 Å². The van der Waals surface area contributed by atoms with Crippen LogP contribution in [0.2, 0.25) is 0 Å². The Morgan fingerprint density at radius 3 is 2.73 bits per heavy atom. The number of amides is 1. The number of furan rings is 1. The number of hydrogen-bond acceptors (Lipinski definition) is 7. The summed E-state index contributed by atoms with van der Waals surface area (Å²) in [7, 11) is 0. The molecule has 3 aromatic rings. The summed E-state index contributed by atoms with van der Waals surface area (Å²) < 4.78 is 6.84. The van der Waals surface area contributed by atoms with Gasteiger partial charge in [0, 0.05) is 43.9 Å². The van der Waals surface area contributed by atoms with Crippen LogP contribution in [-0.2, 0) is 11.3 Å². The Kier molecular flexibility index (Phi) is 5.87. The lowest BCUT2D eigenvalue weighted by Crippen LogP contribution is -2.42. The first kappa shape index (κ1) is 19.8. The van der Waals surface area contributed by atoms with Crippen molar-refractivity contribution in [1.29, 1.82) is 0 Å². The molecule has 0 radical (unpaired) electrons. The fraction of sp³-hybridized carbons (Fsp3) is 0.381. The SMILES string of the molecule is Cc1cc(=O)n(CCNC(=O)C2CCN(c3ccc(-c4ccco4)nn3)CC2)cn1. The fourth-order valence-electron chi connectivity index (χ4n) is 3.55. The van der Waals surface area contributed by atoms with Gasteiger partial charge in [0.25, 0.3) is 5.56 Å². The van der Waals surface area contributed by atoms with Crippen molar-refractivity contribution in [2.45, 2.75) is 26.3 Å². The summed E-state index contributed by atoms with van der Waals surface area (Å²) in [5, 5.41) is 11.5. The standard InChI is InChI=1S/C21H24N6O3/c1-15-13-20(28)27(14-23-15)11-8-22-21(29)16-6-9-26(10-7-16)19-5-4-17(24-25-19)18-3-2-12-30-18/h2-5,12-14,16H,6-11H2,1H3,(H,22,29). The van der Waals surface area contributed by atoms with Gasteiger partial charge in [-0.15, -0.1) is 10.2 Å². The Morgan fingerprint density at radius 2 is 2.07 bits per heavy atom. The molecule has 1 fully saturated rings. The van der Waals surface area contributed by atoms with E-state index in [2.05, 4.69) is 25.4 Å². The van der Waals surface area contributed by atoms with Gasteiger partial charge in [-0.25, -0.2) is 4.98 Å². The summed E-state index contributed by atoms with van der Waals surface area (Å²) in [6.45, 7) is 4.08. The number of nitrogens with zero attached hydrogens (tertiary/aromatic N) is 5. The van der Waals surface area contributed by atoms with Gasteiger partial charge in [0.05, 0.1) is 12.6 Å². The lowest BCUT2D eigenvalue weighted by molar-refractivity contribution is -0.125. The van der Waals surface area contributed by atoms with Gasteiger partial charge in [0.2, 0.25) is 5.91 Å². The highest BCUT2D eigenvalue weighted by Crippen LogP contribution is 2.23. The van der Waals surface area contributed by atoms with Crippen LogP contribution in [0.5, 0.6) is 0 Å². The first-order valence-electron chi connectivity index (χ1n) is 10.0. The monoisotopic (exact) mass is 408 g/mol. The molecule has 0 aliphatic carbocycles. The van der Waals surface area contributed by atoms with E-state index in [1.807, 2.05) is 24.3 Å². The van der Waals surface area contributed by atoms with Crippen molar-refractivity contribution in [2.75, 3.05) is 24.5 Å². The molecule has 4 rings (SSSR count). The first-order chi connectivity index (χ1) is 14.6. The fourth-order valence-corrected chi connectivity index (χ4v) is 3.55. The molecule has 0 unspecified atom stereocenters. The third-order valence-corrected chi connectivity index (χ3v) is 5.28. The van der Waals surface area contributed by atoms with Crippen molar-refractivity contribution < 1.29 is 9.21 Å². The van der Waals surface area contributed by atoms with E-state index >= 15 is 0 Å². The number of nitrogens with one attached hydrogen (secondary N) is 1. The number of aromatic nitrogens is 4. The van der Waals surface area contributed by atoms with Gasteiger partial charge < -0.3 is 14.6 Å². The molecule has 30 heavy (non-hydrogen) atoms. The predicted octanol–water partition coefficient (Wildman–Crippen LogP) is 1.63. The number of carbonyl (C=O) groups excluding carboxylic acids is 1. The first-order valence-corrected chi connectivity index (χ1v) is 10.0. The molecule has 3 aromatic heterocycles. The van der Waals surface area contributed by atoms with Gasteiger partial charge >= 0.3 is 0 Å². The van der Waals surface area contributed by atoms with Crippen molar-refractivity contribution in [3.63, 3.8) is 0 Å². The van der Waals surface area contributed by atoms with Crippen LogP contribution < -0.4 is 15.8 Å². The maximum atomic E-state index is 12.5. The van der Waals surface area contributed by atoms with Crippen LogP contribution >= 0.6 is 0 Å². The Labute approximate surface area is 173 Å².